The van der Waals surface area contributed by atoms with E-state index in [2.05, 4.69) is 29.7 Å². The summed E-state index contributed by atoms with van der Waals surface area (Å²) in [4.78, 5) is 12.4. The molecule has 2 aliphatic rings. The summed E-state index contributed by atoms with van der Waals surface area (Å²) in [5.74, 6) is 0.432. The summed E-state index contributed by atoms with van der Waals surface area (Å²) in [6.45, 7) is 2.82. The van der Waals surface area contributed by atoms with Gasteiger partial charge in [0.15, 0.2) is 0 Å². The molecule has 2 aromatic rings. The molecule has 0 saturated heterocycles. The van der Waals surface area contributed by atoms with Crippen LogP contribution < -0.4 is 10.6 Å². The highest BCUT2D eigenvalue weighted by Crippen LogP contribution is 2.49. The third-order valence-electron chi connectivity index (χ3n) is 5.67. The Morgan fingerprint density at radius 1 is 1.22 bits per heavy atom. The molecule has 1 heterocycles. The first-order valence-electron chi connectivity index (χ1n) is 9.78. The number of unbranched alkanes of at least 4 members (excludes halogenated alkanes) is 1. The van der Waals surface area contributed by atoms with Gasteiger partial charge >= 0.3 is 0 Å². The Kier molecular flexibility index (Phi) is 4.97. The maximum absolute atomic E-state index is 13.3. The largest absolute Gasteiger partial charge is 0.378 e. The van der Waals surface area contributed by atoms with E-state index >= 15 is 0 Å². The fourth-order valence-corrected chi connectivity index (χ4v) is 4.22. The molecule has 0 radical (unpaired) electrons. The fourth-order valence-electron chi connectivity index (χ4n) is 4.22. The number of carbonyl (C=O) groups is 1. The Balaban J connectivity index is 1.61. The molecule has 2 aromatic carbocycles. The lowest BCUT2D eigenvalue weighted by Crippen LogP contribution is -2.30. The van der Waals surface area contributed by atoms with Gasteiger partial charge in [0.2, 0.25) is 0 Å². The SMILES string of the molecule is CCCCNC(=O)c1ccc2c(c1)C1C=CCC1C(c1ccc(F)cc1)N2. The third kappa shape index (κ3) is 3.48. The van der Waals surface area contributed by atoms with E-state index < -0.39 is 0 Å². The lowest BCUT2D eigenvalue weighted by Gasteiger charge is -2.37. The molecule has 2 N–H and O–H groups in total. The Morgan fingerprint density at radius 3 is 2.81 bits per heavy atom. The Bertz CT molecular complexity index is 859. The van der Waals surface area contributed by atoms with E-state index in [9.17, 15) is 9.18 Å². The minimum absolute atomic E-state index is 0.00886. The second-order valence-corrected chi connectivity index (χ2v) is 7.44. The number of hydrogen-bond acceptors (Lipinski definition) is 2. The quantitative estimate of drug-likeness (QED) is 0.567. The summed E-state index contributed by atoms with van der Waals surface area (Å²) >= 11 is 0. The van der Waals surface area contributed by atoms with E-state index in [1.54, 1.807) is 0 Å². The van der Waals surface area contributed by atoms with E-state index in [1.165, 1.54) is 17.7 Å². The first kappa shape index (κ1) is 17.8. The van der Waals surface area contributed by atoms with Gasteiger partial charge in [-0.25, -0.2) is 4.39 Å². The zero-order chi connectivity index (χ0) is 18.8. The van der Waals surface area contributed by atoms with Crippen LogP contribution in [-0.2, 0) is 0 Å². The zero-order valence-corrected chi connectivity index (χ0v) is 15.5. The molecule has 1 aliphatic carbocycles. The van der Waals surface area contributed by atoms with Gasteiger partial charge in [-0.2, -0.15) is 0 Å². The van der Waals surface area contributed by atoms with Gasteiger partial charge < -0.3 is 10.6 Å². The van der Waals surface area contributed by atoms with E-state index in [1.807, 2.05) is 30.3 Å². The molecule has 4 rings (SSSR count). The van der Waals surface area contributed by atoms with Gasteiger partial charge in [-0.05, 0) is 60.2 Å². The number of rotatable bonds is 5. The standard InChI is InChI=1S/C23H25FN2O/c1-2-3-13-25-23(27)16-9-12-21-20(14-16)18-5-4-6-19(18)22(26-21)15-7-10-17(24)11-8-15/h4-5,7-12,14,18-19,22,26H,2-3,6,13H2,1H3,(H,25,27). The maximum atomic E-state index is 13.3. The van der Waals surface area contributed by atoms with Crippen LogP contribution in [0.2, 0.25) is 0 Å². The highest BCUT2D eigenvalue weighted by atomic mass is 19.1. The number of nitrogens with one attached hydrogen (secondary N) is 2. The molecular weight excluding hydrogens is 339 g/mol. The van der Waals surface area contributed by atoms with Crippen molar-refractivity contribution in [2.45, 2.75) is 38.1 Å². The monoisotopic (exact) mass is 364 g/mol. The first-order chi connectivity index (χ1) is 13.2. The average Bonchev–Trinajstić information content (AvgIpc) is 3.18. The third-order valence-corrected chi connectivity index (χ3v) is 5.67. The summed E-state index contributed by atoms with van der Waals surface area (Å²) in [6.07, 6.45) is 7.50. The van der Waals surface area contributed by atoms with Crippen LogP contribution in [0.3, 0.4) is 0 Å². The maximum Gasteiger partial charge on any atom is 0.251 e. The van der Waals surface area contributed by atoms with Gasteiger partial charge in [-0.15, -0.1) is 0 Å². The number of benzene rings is 2. The fraction of sp³-hybridized carbons (Fsp3) is 0.348. The van der Waals surface area contributed by atoms with Crippen molar-refractivity contribution < 1.29 is 9.18 Å². The van der Waals surface area contributed by atoms with Crippen LogP contribution in [-0.4, -0.2) is 12.5 Å². The van der Waals surface area contributed by atoms with Crippen LogP contribution in [0.5, 0.6) is 0 Å². The van der Waals surface area contributed by atoms with Crippen LogP contribution in [0.15, 0.2) is 54.6 Å². The number of halogens is 1. The number of hydrogen-bond donors (Lipinski definition) is 2. The van der Waals surface area contributed by atoms with E-state index in [-0.39, 0.29) is 23.7 Å². The summed E-state index contributed by atoms with van der Waals surface area (Å²) in [5.41, 5.74) is 4.05. The van der Waals surface area contributed by atoms with Gasteiger partial charge in [0.1, 0.15) is 5.82 Å². The molecule has 0 aromatic heterocycles. The topological polar surface area (TPSA) is 41.1 Å². The van der Waals surface area contributed by atoms with Crippen molar-refractivity contribution in [1.82, 2.24) is 5.32 Å². The zero-order valence-electron chi connectivity index (χ0n) is 15.5. The molecule has 27 heavy (non-hydrogen) atoms. The average molecular weight is 364 g/mol. The van der Waals surface area contributed by atoms with Crippen LogP contribution in [0.1, 0.15) is 59.6 Å². The second kappa shape index (κ2) is 7.55. The van der Waals surface area contributed by atoms with Crippen molar-refractivity contribution in [1.29, 1.82) is 0 Å². The number of carbonyl (C=O) groups excluding carboxylic acids is 1. The van der Waals surface area contributed by atoms with Crippen LogP contribution in [0.4, 0.5) is 10.1 Å². The molecule has 0 spiro atoms. The second-order valence-electron chi connectivity index (χ2n) is 7.44. The van der Waals surface area contributed by atoms with Crippen molar-refractivity contribution >= 4 is 11.6 Å². The Labute approximate surface area is 159 Å². The Morgan fingerprint density at radius 2 is 2.04 bits per heavy atom. The summed E-state index contributed by atoms with van der Waals surface area (Å²) in [6, 6.07) is 12.8. The minimum atomic E-state index is -0.213. The molecule has 3 nitrogen and oxygen atoms in total. The van der Waals surface area contributed by atoms with Crippen molar-refractivity contribution in [2.75, 3.05) is 11.9 Å². The van der Waals surface area contributed by atoms with Gasteiger partial charge in [0, 0.05) is 23.7 Å². The van der Waals surface area contributed by atoms with Crippen molar-refractivity contribution in [3.8, 4) is 0 Å². The highest BCUT2D eigenvalue weighted by Gasteiger charge is 2.38. The number of anilines is 1. The normalized spacial score (nSPS) is 22.7. The van der Waals surface area contributed by atoms with Crippen LogP contribution in [0.25, 0.3) is 0 Å². The highest BCUT2D eigenvalue weighted by molar-refractivity contribution is 5.95. The van der Waals surface area contributed by atoms with Gasteiger partial charge in [0.05, 0.1) is 6.04 Å². The minimum Gasteiger partial charge on any atom is -0.378 e. The number of amides is 1. The van der Waals surface area contributed by atoms with E-state index in [0.29, 0.717) is 18.0 Å². The van der Waals surface area contributed by atoms with Crippen LogP contribution >= 0.6 is 0 Å². The van der Waals surface area contributed by atoms with Gasteiger partial charge in [0.25, 0.3) is 5.91 Å². The van der Waals surface area contributed by atoms with Crippen molar-refractivity contribution in [2.24, 2.45) is 5.92 Å². The Hall–Kier alpha value is -2.62. The predicted molar refractivity (Wildman–Crippen MR) is 106 cm³/mol. The smallest absolute Gasteiger partial charge is 0.251 e. The predicted octanol–water partition coefficient (Wildman–Crippen LogP) is 5.18. The van der Waals surface area contributed by atoms with Gasteiger partial charge in [-0.3, -0.25) is 4.79 Å². The number of fused-ring (bicyclic) bond motifs is 3. The first-order valence-corrected chi connectivity index (χ1v) is 9.78. The molecule has 0 bridgehead atoms. The lowest BCUT2D eigenvalue weighted by atomic mass is 9.76. The van der Waals surface area contributed by atoms with Crippen molar-refractivity contribution in [3.63, 3.8) is 0 Å². The molecule has 1 aliphatic heterocycles. The molecule has 4 heteroatoms. The summed E-state index contributed by atoms with van der Waals surface area (Å²) < 4.78 is 13.3. The summed E-state index contributed by atoms with van der Waals surface area (Å²) in [7, 11) is 0. The number of allylic oxidation sites excluding steroid dienone is 2. The van der Waals surface area contributed by atoms with E-state index in [0.717, 1.165) is 30.5 Å². The molecule has 140 valence electrons. The lowest BCUT2D eigenvalue weighted by molar-refractivity contribution is 0.0953. The molecule has 1 amide bonds. The molecule has 3 unspecified atom stereocenters. The molecular formula is C23H25FN2O. The molecule has 3 atom stereocenters. The van der Waals surface area contributed by atoms with Gasteiger partial charge in [-0.1, -0.05) is 37.6 Å². The van der Waals surface area contributed by atoms with Crippen LogP contribution in [0, 0.1) is 11.7 Å². The molecule has 0 fully saturated rings. The van der Waals surface area contributed by atoms with E-state index in [4.69, 9.17) is 0 Å². The van der Waals surface area contributed by atoms with Crippen molar-refractivity contribution in [3.05, 3.63) is 77.1 Å². The molecule has 0 saturated carbocycles. The summed E-state index contributed by atoms with van der Waals surface area (Å²) in [5, 5.41) is 6.62.